The van der Waals surface area contributed by atoms with Crippen LogP contribution in [0.3, 0.4) is 0 Å². The van der Waals surface area contributed by atoms with Crippen LogP contribution in [-0.2, 0) is 0 Å². The van der Waals surface area contributed by atoms with E-state index in [1.807, 2.05) is 42.5 Å². The molecule has 0 aliphatic heterocycles. The average Bonchev–Trinajstić information content (AvgIpc) is 2.51. The van der Waals surface area contributed by atoms with Crippen molar-refractivity contribution in [1.29, 1.82) is 0 Å². The van der Waals surface area contributed by atoms with E-state index >= 15 is 0 Å². The highest BCUT2D eigenvalue weighted by atomic mass is 79.9. The quantitative estimate of drug-likeness (QED) is 0.585. The third kappa shape index (κ3) is 9.30. The molecule has 3 aromatic carbocycles. The Morgan fingerprint density at radius 3 is 0.905 bits per heavy atom. The number of rotatable bonds is 0. The molecule has 0 fully saturated rings. The van der Waals surface area contributed by atoms with Crippen molar-refractivity contribution in [2.45, 2.75) is 0 Å². The van der Waals surface area contributed by atoms with Gasteiger partial charge in [-0.1, -0.05) is 70.5 Å². The number of benzene rings is 3. The molecular weight excluding hydrogens is 328 g/mol. The number of hydrogen-bond donors (Lipinski definition) is 2. The molecule has 0 saturated carbocycles. The molecule has 3 aromatic rings. The summed E-state index contributed by atoms with van der Waals surface area (Å²) in [5, 5.41) is 17.3. The van der Waals surface area contributed by atoms with Gasteiger partial charge in [-0.05, 0) is 36.4 Å². The molecule has 2 N–H and O–H groups in total. The fraction of sp³-hybridized carbons (Fsp3) is 0. The Balaban J connectivity index is 0.000000157. The Bertz CT molecular complexity index is 494. The standard InChI is InChI=1S/C6H5Br.2C6H6O/c3*7-6-4-2-1-3-5-6/h1-5H;2*1-5,7H. The van der Waals surface area contributed by atoms with Gasteiger partial charge in [-0.25, -0.2) is 0 Å². The number of halogens is 1. The minimum absolute atomic E-state index is 0.322. The lowest BCUT2D eigenvalue weighted by Crippen LogP contribution is -1.56. The number of hydrogen-bond acceptors (Lipinski definition) is 2. The number of aromatic hydroxyl groups is 2. The summed E-state index contributed by atoms with van der Waals surface area (Å²) in [4.78, 5) is 0. The van der Waals surface area contributed by atoms with Gasteiger partial charge in [-0.15, -0.1) is 0 Å². The van der Waals surface area contributed by atoms with Crippen LogP contribution in [-0.4, -0.2) is 10.2 Å². The second kappa shape index (κ2) is 10.5. The van der Waals surface area contributed by atoms with Gasteiger partial charge in [-0.2, -0.15) is 0 Å². The molecule has 0 aromatic heterocycles. The van der Waals surface area contributed by atoms with Crippen LogP contribution in [0.1, 0.15) is 0 Å². The fourth-order valence-corrected chi connectivity index (χ4v) is 1.58. The zero-order valence-electron chi connectivity index (χ0n) is 11.4. The SMILES string of the molecule is Brc1ccccc1.Oc1ccccc1.Oc1ccccc1. The maximum Gasteiger partial charge on any atom is 0.115 e. The maximum atomic E-state index is 8.63. The van der Waals surface area contributed by atoms with Crippen molar-refractivity contribution in [1.82, 2.24) is 0 Å². The van der Waals surface area contributed by atoms with Crippen LogP contribution in [0.2, 0.25) is 0 Å². The van der Waals surface area contributed by atoms with Gasteiger partial charge >= 0.3 is 0 Å². The molecule has 3 heteroatoms. The van der Waals surface area contributed by atoms with Crippen molar-refractivity contribution in [2.75, 3.05) is 0 Å². The molecule has 0 saturated heterocycles. The van der Waals surface area contributed by atoms with Gasteiger partial charge in [0.15, 0.2) is 0 Å². The van der Waals surface area contributed by atoms with E-state index < -0.39 is 0 Å². The Kier molecular flexibility index (Phi) is 8.41. The molecule has 0 atom stereocenters. The molecule has 21 heavy (non-hydrogen) atoms. The first-order valence-electron chi connectivity index (χ1n) is 6.37. The molecule has 2 nitrogen and oxygen atoms in total. The Labute approximate surface area is 133 Å². The van der Waals surface area contributed by atoms with Crippen LogP contribution in [0.5, 0.6) is 11.5 Å². The first-order chi connectivity index (χ1) is 10.2. The van der Waals surface area contributed by atoms with Gasteiger partial charge < -0.3 is 10.2 Å². The summed E-state index contributed by atoms with van der Waals surface area (Å²) in [6.45, 7) is 0. The summed E-state index contributed by atoms with van der Waals surface area (Å²) < 4.78 is 1.13. The molecule has 0 aliphatic carbocycles. The van der Waals surface area contributed by atoms with Crippen molar-refractivity contribution in [3.63, 3.8) is 0 Å². The molecule has 0 unspecified atom stereocenters. The monoisotopic (exact) mass is 344 g/mol. The third-order valence-corrected chi connectivity index (χ3v) is 2.77. The molecule has 0 spiro atoms. The summed E-state index contributed by atoms with van der Waals surface area (Å²) in [6.07, 6.45) is 0. The Morgan fingerprint density at radius 1 is 0.476 bits per heavy atom. The van der Waals surface area contributed by atoms with E-state index in [-0.39, 0.29) is 0 Å². The van der Waals surface area contributed by atoms with Crippen LogP contribution < -0.4 is 0 Å². The van der Waals surface area contributed by atoms with Gasteiger partial charge in [0.1, 0.15) is 11.5 Å². The zero-order valence-corrected chi connectivity index (χ0v) is 13.0. The van der Waals surface area contributed by atoms with Crippen LogP contribution in [0, 0.1) is 0 Å². The highest BCUT2D eigenvalue weighted by molar-refractivity contribution is 9.10. The van der Waals surface area contributed by atoms with E-state index in [1.165, 1.54) is 0 Å². The highest BCUT2D eigenvalue weighted by Crippen LogP contribution is 2.05. The van der Waals surface area contributed by atoms with Crippen LogP contribution >= 0.6 is 15.9 Å². The minimum atomic E-state index is 0.322. The minimum Gasteiger partial charge on any atom is -0.508 e. The predicted octanol–water partition coefficient (Wildman–Crippen LogP) is 5.23. The second-order valence-corrected chi connectivity index (χ2v) is 4.88. The smallest absolute Gasteiger partial charge is 0.115 e. The van der Waals surface area contributed by atoms with E-state index in [0.29, 0.717) is 11.5 Å². The summed E-state index contributed by atoms with van der Waals surface area (Å²) in [5.74, 6) is 0.644. The van der Waals surface area contributed by atoms with Crippen LogP contribution in [0.4, 0.5) is 0 Å². The topological polar surface area (TPSA) is 40.5 Å². The van der Waals surface area contributed by atoms with Crippen LogP contribution in [0.15, 0.2) is 95.5 Å². The van der Waals surface area contributed by atoms with Crippen molar-refractivity contribution in [3.8, 4) is 11.5 Å². The summed E-state index contributed by atoms with van der Waals surface area (Å²) in [6, 6.07) is 27.4. The van der Waals surface area contributed by atoms with Gasteiger partial charge in [0.05, 0.1) is 0 Å². The van der Waals surface area contributed by atoms with Crippen molar-refractivity contribution in [2.24, 2.45) is 0 Å². The van der Waals surface area contributed by atoms with Gasteiger partial charge in [0.2, 0.25) is 0 Å². The van der Waals surface area contributed by atoms with Crippen molar-refractivity contribution < 1.29 is 10.2 Å². The normalized spacial score (nSPS) is 8.62. The maximum absolute atomic E-state index is 8.63. The summed E-state index contributed by atoms with van der Waals surface area (Å²) in [7, 11) is 0. The molecular formula is C18H17BrO2. The number of phenols is 2. The van der Waals surface area contributed by atoms with E-state index in [4.69, 9.17) is 10.2 Å². The molecule has 0 amide bonds. The van der Waals surface area contributed by atoms with E-state index in [1.54, 1.807) is 48.5 Å². The largest absolute Gasteiger partial charge is 0.508 e. The van der Waals surface area contributed by atoms with Crippen molar-refractivity contribution in [3.05, 3.63) is 95.5 Å². The number of para-hydroxylation sites is 2. The molecule has 0 aliphatic rings. The first-order valence-corrected chi connectivity index (χ1v) is 7.16. The first kappa shape index (κ1) is 16.8. The molecule has 0 heterocycles. The van der Waals surface area contributed by atoms with Gasteiger partial charge in [0, 0.05) is 4.47 Å². The van der Waals surface area contributed by atoms with Gasteiger partial charge in [-0.3, -0.25) is 0 Å². The molecule has 108 valence electrons. The van der Waals surface area contributed by atoms with E-state index in [0.717, 1.165) is 4.47 Å². The molecule has 3 rings (SSSR count). The summed E-state index contributed by atoms with van der Waals surface area (Å²) >= 11 is 3.31. The lowest BCUT2D eigenvalue weighted by Gasteiger charge is -1.82. The fourth-order valence-electron chi connectivity index (χ4n) is 1.27. The number of phenolic OH excluding ortho intramolecular Hbond substituents is 2. The molecule has 0 radical (unpaired) electrons. The van der Waals surface area contributed by atoms with Crippen LogP contribution in [0.25, 0.3) is 0 Å². The predicted molar refractivity (Wildman–Crippen MR) is 90.4 cm³/mol. The second-order valence-electron chi connectivity index (χ2n) is 3.97. The van der Waals surface area contributed by atoms with Gasteiger partial charge in [0.25, 0.3) is 0 Å². The van der Waals surface area contributed by atoms with E-state index in [2.05, 4.69) is 15.9 Å². The Morgan fingerprint density at radius 2 is 0.762 bits per heavy atom. The average molecular weight is 345 g/mol. The third-order valence-electron chi connectivity index (χ3n) is 2.25. The lowest BCUT2D eigenvalue weighted by atomic mass is 10.3. The Hall–Kier alpha value is -2.26. The summed E-state index contributed by atoms with van der Waals surface area (Å²) in [5.41, 5.74) is 0. The molecule has 0 bridgehead atoms. The highest BCUT2D eigenvalue weighted by Gasteiger charge is 1.76. The van der Waals surface area contributed by atoms with E-state index in [9.17, 15) is 0 Å². The zero-order chi connectivity index (χ0) is 15.3. The lowest BCUT2D eigenvalue weighted by molar-refractivity contribution is 0.475. The van der Waals surface area contributed by atoms with Crippen molar-refractivity contribution >= 4 is 15.9 Å².